The summed E-state index contributed by atoms with van der Waals surface area (Å²) in [7, 11) is 0. The Hall–Kier alpha value is -1.77. The first-order chi connectivity index (χ1) is 10.1. The molecule has 3 rings (SSSR count). The Morgan fingerprint density at radius 1 is 1.10 bits per heavy atom. The van der Waals surface area contributed by atoms with E-state index in [0.29, 0.717) is 5.75 Å². The summed E-state index contributed by atoms with van der Waals surface area (Å²) in [6.45, 7) is 9.85. The van der Waals surface area contributed by atoms with Crippen LogP contribution in [0.4, 0.5) is 4.39 Å². The van der Waals surface area contributed by atoms with Crippen LogP contribution in [-0.4, -0.2) is 11.2 Å². The fourth-order valence-electron chi connectivity index (χ4n) is 2.06. The van der Waals surface area contributed by atoms with Gasteiger partial charge < -0.3 is 9.84 Å². The molecule has 1 aliphatic carbocycles. The minimum atomic E-state index is -0.335. The summed E-state index contributed by atoms with van der Waals surface area (Å²) in [5.74, 6) is 0.180. The van der Waals surface area contributed by atoms with E-state index < -0.39 is 0 Å². The summed E-state index contributed by atoms with van der Waals surface area (Å²) < 4.78 is 19.4. The number of rotatable bonds is 2. The molecule has 0 spiro atoms. The van der Waals surface area contributed by atoms with Crippen molar-refractivity contribution in [2.24, 2.45) is 0 Å². The summed E-state index contributed by atoms with van der Waals surface area (Å²) >= 11 is 0. The van der Waals surface area contributed by atoms with E-state index in [4.69, 9.17) is 4.74 Å². The first-order valence-electron chi connectivity index (χ1n) is 7.73. The van der Waals surface area contributed by atoms with E-state index >= 15 is 0 Å². The molecule has 1 fully saturated rings. The van der Waals surface area contributed by atoms with Gasteiger partial charge in [-0.15, -0.1) is 0 Å². The lowest BCUT2D eigenvalue weighted by atomic mass is 10.0. The minimum Gasteiger partial charge on any atom is -0.508 e. The van der Waals surface area contributed by atoms with Crippen molar-refractivity contribution in [2.45, 2.75) is 53.6 Å². The molecule has 0 atom stereocenters. The predicted octanol–water partition coefficient (Wildman–Crippen LogP) is 5.59. The summed E-state index contributed by atoms with van der Waals surface area (Å²) in [5, 5.41) is 11.1. The van der Waals surface area contributed by atoms with Crippen molar-refractivity contribution >= 4 is 10.8 Å². The second kappa shape index (κ2) is 7.87. The van der Waals surface area contributed by atoms with Gasteiger partial charge in [0.25, 0.3) is 0 Å². The fourth-order valence-corrected chi connectivity index (χ4v) is 2.06. The van der Waals surface area contributed by atoms with Gasteiger partial charge in [-0.25, -0.2) is 4.39 Å². The van der Waals surface area contributed by atoms with Crippen LogP contribution in [0.3, 0.4) is 0 Å². The molecule has 0 bridgehead atoms. The Labute approximate surface area is 126 Å². The molecule has 0 unspecified atom stereocenters. The van der Waals surface area contributed by atoms with Crippen LogP contribution in [0.25, 0.3) is 10.8 Å². The monoisotopic (exact) mass is 292 g/mol. The van der Waals surface area contributed by atoms with Gasteiger partial charge in [0.2, 0.25) is 0 Å². The number of phenolic OH excluding ortho intramolecular Hbond substituents is 1. The van der Waals surface area contributed by atoms with Crippen LogP contribution >= 0.6 is 0 Å². The molecule has 0 saturated heterocycles. The normalized spacial score (nSPS) is 12.9. The zero-order valence-corrected chi connectivity index (χ0v) is 13.5. The van der Waals surface area contributed by atoms with Crippen LogP contribution in [0.15, 0.2) is 24.3 Å². The van der Waals surface area contributed by atoms with E-state index in [0.717, 1.165) is 29.2 Å². The van der Waals surface area contributed by atoms with Gasteiger partial charge in [-0.05, 0) is 48.9 Å². The van der Waals surface area contributed by atoms with Crippen molar-refractivity contribution in [3.05, 3.63) is 35.6 Å². The molecule has 2 aromatic carbocycles. The van der Waals surface area contributed by atoms with Crippen LogP contribution in [-0.2, 0) is 0 Å². The largest absolute Gasteiger partial charge is 0.508 e. The van der Waals surface area contributed by atoms with Crippen molar-refractivity contribution in [3.8, 4) is 11.5 Å². The van der Waals surface area contributed by atoms with Gasteiger partial charge in [0.15, 0.2) is 11.6 Å². The van der Waals surface area contributed by atoms with Crippen molar-refractivity contribution in [1.29, 1.82) is 0 Å². The smallest absolute Gasteiger partial charge is 0.165 e. The van der Waals surface area contributed by atoms with E-state index in [2.05, 4.69) is 0 Å². The molecule has 3 heteroatoms. The Kier molecular flexibility index (Phi) is 6.47. The number of halogens is 1. The Bertz CT molecular complexity index is 589. The highest BCUT2D eigenvalue weighted by molar-refractivity contribution is 5.92. The topological polar surface area (TPSA) is 29.5 Å². The standard InChI is InChI=1S/C14H13FO2.2C2H6/c1-8-6-10(16)7-9-2-5-12(15)14(13(8)9)17-11-3-4-11;2*1-2/h2,5-7,11,16H,3-4H2,1H3;2*1-2H3. The molecule has 2 aromatic rings. The number of aryl methyl sites for hydroxylation is 1. The molecule has 21 heavy (non-hydrogen) atoms. The quantitative estimate of drug-likeness (QED) is 0.782. The molecular formula is C18H25FO2. The van der Waals surface area contributed by atoms with Gasteiger partial charge in [0.1, 0.15) is 5.75 Å². The number of fused-ring (bicyclic) bond motifs is 1. The molecule has 0 amide bonds. The van der Waals surface area contributed by atoms with Gasteiger partial charge in [0, 0.05) is 5.39 Å². The van der Waals surface area contributed by atoms with Crippen molar-refractivity contribution < 1.29 is 14.2 Å². The molecule has 1 aliphatic rings. The number of hydrogen-bond acceptors (Lipinski definition) is 2. The highest BCUT2D eigenvalue weighted by atomic mass is 19.1. The average molecular weight is 292 g/mol. The highest BCUT2D eigenvalue weighted by Gasteiger charge is 2.26. The fraction of sp³-hybridized carbons (Fsp3) is 0.444. The second-order valence-electron chi connectivity index (χ2n) is 4.55. The zero-order valence-electron chi connectivity index (χ0n) is 13.5. The first kappa shape index (κ1) is 17.3. The van der Waals surface area contributed by atoms with Gasteiger partial charge in [-0.2, -0.15) is 0 Å². The van der Waals surface area contributed by atoms with Crippen molar-refractivity contribution in [3.63, 3.8) is 0 Å². The zero-order chi connectivity index (χ0) is 16.0. The predicted molar refractivity (Wildman–Crippen MR) is 86.7 cm³/mol. The van der Waals surface area contributed by atoms with Crippen LogP contribution < -0.4 is 4.74 Å². The lowest BCUT2D eigenvalue weighted by Gasteiger charge is -2.12. The molecule has 0 radical (unpaired) electrons. The lowest BCUT2D eigenvalue weighted by molar-refractivity contribution is 0.291. The van der Waals surface area contributed by atoms with Crippen molar-refractivity contribution in [2.75, 3.05) is 0 Å². The molecule has 0 aliphatic heterocycles. The van der Waals surface area contributed by atoms with Gasteiger partial charge in [-0.1, -0.05) is 33.8 Å². The van der Waals surface area contributed by atoms with E-state index in [9.17, 15) is 9.50 Å². The number of aromatic hydroxyl groups is 1. The minimum absolute atomic E-state index is 0.156. The van der Waals surface area contributed by atoms with Crippen LogP contribution in [0.2, 0.25) is 0 Å². The van der Waals surface area contributed by atoms with Gasteiger partial charge >= 0.3 is 0 Å². The number of benzene rings is 2. The second-order valence-corrected chi connectivity index (χ2v) is 4.55. The first-order valence-corrected chi connectivity index (χ1v) is 7.73. The van der Waals surface area contributed by atoms with Crippen LogP contribution in [0, 0.1) is 12.7 Å². The molecule has 116 valence electrons. The Morgan fingerprint density at radius 3 is 2.29 bits per heavy atom. The SMILES string of the molecule is CC.CC.Cc1cc(O)cc2ccc(F)c(OC3CC3)c12. The lowest BCUT2D eigenvalue weighted by Crippen LogP contribution is -2.00. The molecular weight excluding hydrogens is 267 g/mol. The molecule has 0 aromatic heterocycles. The van der Waals surface area contributed by atoms with E-state index in [1.807, 2.05) is 34.6 Å². The molecule has 2 nitrogen and oxygen atoms in total. The molecule has 1 N–H and O–H groups in total. The number of ether oxygens (including phenoxy) is 1. The summed E-state index contributed by atoms with van der Waals surface area (Å²) in [6, 6.07) is 6.30. The average Bonchev–Trinajstić information content (AvgIpc) is 3.30. The highest BCUT2D eigenvalue weighted by Crippen LogP contribution is 2.37. The van der Waals surface area contributed by atoms with Gasteiger partial charge in [0.05, 0.1) is 6.10 Å². The maximum atomic E-state index is 13.8. The third-order valence-electron chi connectivity index (χ3n) is 3.01. The third-order valence-corrected chi connectivity index (χ3v) is 3.01. The Morgan fingerprint density at radius 2 is 1.71 bits per heavy atom. The molecule has 1 saturated carbocycles. The van der Waals surface area contributed by atoms with E-state index in [-0.39, 0.29) is 17.7 Å². The van der Waals surface area contributed by atoms with E-state index in [1.54, 1.807) is 18.2 Å². The van der Waals surface area contributed by atoms with Crippen LogP contribution in [0.1, 0.15) is 46.1 Å². The maximum Gasteiger partial charge on any atom is 0.165 e. The third kappa shape index (κ3) is 4.10. The van der Waals surface area contributed by atoms with Crippen LogP contribution in [0.5, 0.6) is 11.5 Å². The summed E-state index contributed by atoms with van der Waals surface area (Å²) in [4.78, 5) is 0. The summed E-state index contributed by atoms with van der Waals surface area (Å²) in [6.07, 6.45) is 2.14. The van der Waals surface area contributed by atoms with E-state index in [1.165, 1.54) is 6.07 Å². The van der Waals surface area contributed by atoms with Crippen molar-refractivity contribution in [1.82, 2.24) is 0 Å². The molecule has 0 heterocycles. The number of phenols is 1. The number of hydrogen-bond donors (Lipinski definition) is 1. The summed E-state index contributed by atoms with van der Waals surface area (Å²) in [5.41, 5.74) is 0.829. The maximum absolute atomic E-state index is 13.8. The Balaban J connectivity index is 0.000000510. The van der Waals surface area contributed by atoms with Gasteiger partial charge in [-0.3, -0.25) is 0 Å².